The average molecular weight is 335 g/mol. The Morgan fingerprint density at radius 3 is 2.74 bits per heavy atom. The van der Waals surface area contributed by atoms with E-state index in [1.165, 1.54) is 0 Å². The first-order valence-electron chi connectivity index (χ1n) is 7.86. The number of ether oxygens (including phenoxy) is 1. The van der Waals surface area contributed by atoms with Crippen molar-refractivity contribution in [1.29, 1.82) is 0 Å². The van der Waals surface area contributed by atoms with Crippen molar-refractivity contribution >= 4 is 25.1 Å². The maximum atomic E-state index is 9.06. The van der Waals surface area contributed by atoms with Gasteiger partial charge >= 0.3 is 0 Å². The molecule has 2 heterocycles. The summed E-state index contributed by atoms with van der Waals surface area (Å²) in [7, 11) is -0.103. The normalized spacial score (nSPS) is 16.3. The lowest BCUT2D eigenvalue weighted by molar-refractivity contribution is 0.386. The number of anilines is 1. The van der Waals surface area contributed by atoms with Crippen LogP contribution < -0.4 is 9.64 Å². The molecule has 1 aliphatic rings. The van der Waals surface area contributed by atoms with Crippen molar-refractivity contribution in [3.8, 4) is 5.75 Å². The first-order chi connectivity index (χ1) is 11.2. The van der Waals surface area contributed by atoms with Gasteiger partial charge < -0.3 is 19.4 Å². The molecule has 0 unspecified atom stereocenters. The highest BCUT2D eigenvalue weighted by Gasteiger charge is 2.22. The molecule has 0 saturated carbocycles. The van der Waals surface area contributed by atoms with Crippen LogP contribution in [0.1, 0.15) is 19.3 Å². The summed E-state index contributed by atoms with van der Waals surface area (Å²) in [6.07, 6.45) is 5.15. The van der Waals surface area contributed by atoms with Gasteiger partial charge in [0.1, 0.15) is 17.9 Å². The molecule has 1 aromatic carbocycles. The predicted octanol–water partition coefficient (Wildman–Crippen LogP) is 2.54. The molecule has 6 nitrogen and oxygen atoms in total. The Hall–Kier alpha value is -1.49. The zero-order chi connectivity index (χ0) is 16.2. The zero-order valence-corrected chi connectivity index (χ0v) is 14.1. The monoisotopic (exact) mass is 335 g/mol. The fourth-order valence-corrected chi connectivity index (χ4v) is 3.73. The summed E-state index contributed by atoms with van der Waals surface area (Å²) >= 11 is 0. The third-order valence-electron chi connectivity index (χ3n) is 4.47. The average Bonchev–Trinajstić information content (AvgIpc) is 2.59. The van der Waals surface area contributed by atoms with E-state index < -0.39 is 8.38 Å². The SMILES string of the molecule is COc1ccc2c(N3CCC(CCP(O)O)CC3)ncnc2c1. The van der Waals surface area contributed by atoms with Crippen molar-refractivity contribution in [3.05, 3.63) is 24.5 Å². The number of hydrogen-bond donors (Lipinski definition) is 2. The molecule has 1 fully saturated rings. The Bertz CT molecular complexity index is 660. The van der Waals surface area contributed by atoms with Gasteiger partial charge in [0.05, 0.1) is 12.6 Å². The second kappa shape index (κ2) is 7.39. The molecule has 0 amide bonds. The number of fused-ring (bicyclic) bond motifs is 1. The molecule has 0 bridgehead atoms. The molecular weight excluding hydrogens is 313 g/mol. The molecule has 0 radical (unpaired) electrons. The van der Waals surface area contributed by atoms with Crippen LogP contribution in [0.15, 0.2) is 24.5 Å². The van der Waals surface area contributed by atoms with Crippen molar-refractivity contribution in [3.63, 3.8) is 0 Å². The summed E-state index contributed by atoms with van der Waals surface area (Å²) in [4.78, 5) is 29.2. The van der Waals surface area contributed by atoms with Crippen molar-refractivity contribution in [2.24, 2.45) is 5.92 Å². The van der Waals surface area contributed by atoms with Gasteiger partial charge in [-0.15, -0.1) is 0 Å². The van der Waals surface area contributed by atoms with E-state index in [-0.39, 0.29) is 0 Å². The Balaban J connectivity index is 1.72. The van der Waals surface area contributed by atoms with E-state index in [4.69, 9.17) is 14.5 Å². The maximum Gasteiger partial charge on any atom is 0.164 e. The van der Waals surface area contributed by atoms with Gasteiger partial charge in [0.15, 0.2) is 8.38 Å². The lowest BCUT2D eigenvalue weighted by Gasteiger charge is -2.33. The van der Waals surface area contributed by atoms with Gasteiger partial charge in [-0.1, -0.05) is 0 Å². The van der Waals surface area contributed by atoms with E-state index in [9.17, 15) is 0 Å². The molecule has 3 rings (SSSR count). The molecule has 0 atom stereocenters. The van der Waals surface area contributed by atoms with Crippen LogP contribution in [0.5, 0.6) is 5.75 Å². The van der Waals surface area contributed by atoms with Crippen LogP contribution in [0.4, 0.5) is 5.82 Å². The number of hydrogen-bond acceptors (Lipinski definition) is 6. The van der Waals surface area contributed by atoms with E-state index in [0.717, 1.165) is 54.8 Å². The number of benzene rings is 1. The van der Waals surface area contributed by atoms with E-state index in [0.29, 0.717) is 12.1 Å². The van der Waals surface area contributed by atoms with Gasteiger partial charge in [0.25, 0.3) is 0 Å². The van der Waals surface area contributed by atoms with Gasteiger partial charge in [-0.05, 0) is 37.3 Å². The molecule has 2 N–H and O–H groups in total. The van der Waals surface area contributed by atoms with Crippen LogP contribution in [0.25, 0.3) is 10.9 Å². The lowest BCUT2D eigenvalue weighted by Crippen LogP contribution is -2.34. The van der Waals surface area contributed by atoms with Crippen molar-refractivity contribution in [2.75, 3.05) is 31.3 Å². The summed E-state index contributed by atoms with van der Waals surface area (Å²) in [5, 5.41) is 1.04. The predicted molar refractivity (Wildman–Crippen MR) is 91.9 cm³/mol. The Labute approximate surface area is 137 Å². The molecule has 1 aromatic heterocycles. The highest BCUT2D eigenvalue weighted by atomic mass is 31.2. The molecule has 1 saturated heterocycles. The Morgan fingerprint density at radius 2 is 2.04 bits per heavy atom. The van der Waals surface area contributed by atoms with Gasteiger partial charge in [-0.2, -0.15) is 0 Å². The van der Waals surface area contributed by atoms with E-state index in [1.807, 2.05) is 18.2 Å². The highest BCUT2D eigenvalue weighted by Crippen LogP contribution is 2.32. The third-order valence-corrected chi connectivity index (χ3v) is 5.13. The number of nitrogens with zero attached hydrogens (tertiary/aromatic N) is 3. The largest absolute Gasteiger partial charge is 0.497 e. The van der Waals surface area contributed by atoms with E-state index in [2.05, 4.69) is 14.9 Å². The molecule has 0 spiro atoms. The van der Waals surface area contributed by atoms with Crippen LogP contribution in [-0.2, 0) is 0 Å². The molecule has 1 aliphatic heterocycles. The van der Waals surface area contributed by atoms with Crippen LogP contribution in [0, 0.1) is 5.92 Å². The maximum absolute atomic E-state index is 9.06. The fraction of sp³-hybridized carbons (Fsp3) is 0.500. The molecule has 23 heavy (non-hydrogen) atoms. The van der Waals surface area contributed by atoms with Gasteiger partial charge in [0.2, 0.25) is 0 Å². The van der Waals surface area contributed by atoms with Crippen molar-refractivity contribution in [1.82, 2.24) is 9.97 Å². The summed E-state index contributed by atoms with van der Waals surface area (Å²) < 4.78 is 5.25. The molecule has 2 aromatic rings. The minimum absolute atomic E-state index is 0.524. The number of aromatic nitrogens is 2. The quantitative estimate of drug-likeness (QED) is 0.818. The summed E-state index contributed by atoms with van der Waals surface area (Å²) in [6, 6.07) is 5.88. The second-order valence-corrected chi connectivity index (χ2v) is 7.09. The first-order valence-corrected chi connectivity index (χ1v) is 9.29. The summed E-state index contributed by atoms with van der Waals surface area (Å²) in [5.41, 5.74) is 0.891. The van der Waals surface area contributed by atoms with E-state index in [1.54, 1.807) is 13.4 Å². The molecule has 7 heteroatoms. The van der Waals surface area contributed by atoms with Crippen LogP contribution in [-0.4, -0.2) is 46.1 Å². The smallest absolute Gasteiger partial charge is 0.164 e. The zero-order valence-electron chi connectivity index (χ0n) is 13.2. The van der Waals surface area contributed by atoms with Gasteiger partial charge in [0, 0.05) is 30.7 Å². The van der Waals surface area contributed by atoms with Gasteiger partial charge in [-0.25, -0.2) is 9.97 Å². The summed E-state index contributed by atoms with van der Waals surface area (Å²) in [5.74, 6) is 2.34. The minimum Gasteiger partial charge on any atom is -0.497 e. The number of methoxy groups -OCH3 is 1. The minimum atomic E-state index is -1.75. The fourth-order valence-electron chi connectivity index (χ4n) is 3.13. The number of piperidine rings is 1. The lowest BCUT2D eigenvalue weighted by atomic mass is 9.94. The number of rotatable bonds is 5. The van der Waals surface area contributed by atoms with Gasteiger partial charge in [-0.3, -0.25) is 0 Å². The Kier molecular flexibility index (Phi) is 5.26. The van der Waals surface area contributed by atoms with Crippen molar-refractivity contribution < 1.29 is 14.5 Å². The standard InChI is InChI=1S/C16H22N3O3P/c1-22-13-2-3-14-15(10-13)17-11-18-16(14)19-7-4-12(5-8-19)6-9-23(20)21/h2-3,10-12,20-21H,4-9H2,1H3. The molecular formula is C16H22N3O3P. The van der Waals surface area contributed by atoms with Crippen molar-refractivity contribution in [2.45, 2.75) is 19.3 Å². The van der Waals surface area contributed by atoms with Crippen LogP contribution >= 0.6 is 8.38 Å². The third kappa shape index (κ3) is 3.89. The highest BCUT2D eigenvalue weighted by molar-refractivity contribution is 7.45. The first kappa shape index (κ1) is 16.4. The molecule has 124 valence electrons. The van der Waals surface area contributed by atoms with Crippen LogP contribution in [0.2, 0.25) is 0 Å². The van der Waals surface area contributed by atoms with E-state index >= 15 is 0 Å². The second-order valence-electron chi connectivity index (χ2n) is 5.90. The topological polar surface area (TPSA) is 78.7 Å². The van der Waals surface area contributed by atoms with Crippen LogP contribution in [0.3, 0.4) is 0 Å². The molecule has 0 aliphatic carbocycles. The summed E-state index contributed by atoms with van der Waals surface area (Å²) in [6.45, 7) is 1.88. The Morgan fingerprint density at radius 1 is 1.26 bits per heavy atom.